The maximum atomic E-state index is 12.1. The smallest absolute Gasteiger partial charge is 0.223 e. The zero-order valence-electron chi connectivity index (χ0n) is 11.1. The van der Waals surface area contributed by atoms with Crippen molar-refractivity contribution >= 4 is 17.2 Å². The highest BCUT2D eigenvalue weighted by Gasteiger charge is 2.27. The molecular formula is C13H21N3OS. The molecule has 1 aliphatic carbocycles. The average molecular weight is 267 g/mol. The molecule has 0 spiro atoms. The second-order valence-corrected chi connectivity index (χ2v) is 6.23. The van der Waals surface area contributed by atoms with E-state index in [0.29, 0.717) is 18.9 Å². The fourth-order valence-electron chi connectivity index (χ4n) is 2.51. The number of aromatic nitrogens is 1. The van der Waals surface area contributed by atoms with Crippen molar-refractivity contribution < 1.29 is 4.79 Å². The van der Waals surface area contributed by atoms with E-state index in [1.54, 1.807) is 16.2 Å². The standard InChI is InChI=1S/C13H21N3OS/c1-9-15-11(8-18-9)7-16(2)13(17)6-10-4-3-5-12(10)14/h8,10,12H,3-7,14H2,1-2H3/t10-,12+/m0/s1. The van der Waals surface area contributed by atoms with Gasteiger partial charge in [-0.1, -0.05) is 6.42 Å². The highest BCUT2D eigenvalue weighted by molar-refractivity contribution is 7.09. The van der Waals surface area contributed by atoms with Gasteiger partial charge in [0.1, 0.15) is 0 Å². The third-order valence-corrected chi connectivity index (χ3v) is 4.47. The lowest BCUT2D eigenvalue weighted by atomic mass is 9.99. The number of rotatable bonds is 4. The van der Waals surface area contributed by atoms with Crippen LogP contribution in [0.2, 0.25) is 0 Å². The predicted molar refractivity (Wildman–Crippen MR) is 73.3 cm³/mol. The molecule has 2 rings (SSSR count). The molecule has 5 heteroatoms. The van der Waals surface area contributed by atoms with Crippen LogP contribution < -0.4 is 5.73 Å². The van der Waals surface area contributed by atoms with Gasteiger partial charge < -0.3 is 10.6 Å². The van der Waals surface area contributed by atoms with E-state index in [9.17, 15) is 4.79 Å². The minimum Gasteiger partial charge on any atom is -0.340 e. The number of nitrogens with two attached hydrogens (primary N) is 1. The van der Waals surface area contributed by atoms with Gasteiger partial charge in [0.2, 0.25) is 5.91 Å². The van der Waals surface area contributed by atoms with Crippen LogP contribution in [0.3, 0.4) is 0 Å². The second-order valence-electron chi connectivity index (χ2n) is 5.17. The minimum atomic E-state index is 0.183. The number of thiazole rings is 1. The molecule has 2 N–H and O–H groups in total. The van der Waals surface area contributed by atoms with E-state index in [-0.39, 0.29) is 11.9 Å². The Kier molecular flexibility index (Phi) is 4.35. The molecule has 1 aliphatic rings. The Morgan fingerprint density at radius 3 is 2.94 bits per heavy atom. The third-order valence-electron chi connectivity index (χ3n) is 3.65. The summed E-state index contributed by atoms with van der Waals surface area (Å²) >= 11 is 1.62. The fourth-order valence-corrected chi connectivity index (χ4v) is 3.11. The van der Waals surface area contributed by atoms with Crippen molar-refractivity contribution in [3.05, 3.63) is 16.1 Å². The number of nitrogens with zero attached hydrogens (tertiary/aromatic N) is 2. The molecule has 2 atom stereocenters. The van der Waals surface area contributed by atoms with E-state index in [0.717, 1.165) is 30.0 Å². The quantitative estimate of drug-likeness (QED) is 0.906. The van der Waals surface area contributed by atoms with E-state index in [2.05, 4.69) is 4.98 Å². The van der Waals surface area contributed by atoms with Crippen LogP contribution in [0.4, 0.5) is 0 Å². The van der Waals surface area contributed by atoms with Gasteiger partial charge in [-0.15, -0.1) is 11.3 Å². The highest BCUT2D eigenvalue weighted by Crippen LogP contribution is 2.27. The number of hydrogen-bond donors (Lipinski definition) is 1. The Labute approximate surface area is 112 Å². The molecule has 1 heterocycles. The summed E-state index contributed by atoms with van der Waals surface area (Å²) in [6, 6.07) is 0.212. The monoisotopic (exact) mass is 267 g/mol. The average Bonchev–Trinajstić information content (AvgIpc) is 2.89. The SMILES string of the molecule is Cc1nc(CN(C)C(=O)C[C@@H]2CCC[C@H]2N)cs1. The van der Waals surface area contributed by atoms with E-state index in [4.69, 9.17) is 5.73 Å². The van der Waals surface area contributed by atoms with Crippen LogP contribution in [0.1, 0.15) is 36.4 Å². The van der Waals surface area contributed by atoms with Gasteiger partial charge >= 0.3 is 0 Å². The summed E-state index contributed by atoms with van der Waals surface area (Å²) in [7, 11) is 1.84. The van der Waals surface area contributed by atoms with E-state index >= 15 is 0 Å². The molecule has 1 aromatic rings. The van der Waals surface area contributed by atoms with Crippen LogP contribution in [0, 0.1) is 12.8 Å². The van der Waals surface area contributed by atoms with E-state index in [1.165, 1.54) is 0 Å². The molecule has 18 heavy (non-hydrogen) atoms. The Balaban J connectivity index is 1.84. The molecule has 1 aromatic heterocycles. The lowest BCUT2D eigenvalue weighted by molar-refractivity contribution is -0.131. The molecule has 0 unspecified atom stereocenters. The number of carbonyl (C=O) groups excluding carboxylic acids is 1. The molecule has 0 aromatic carbocycles. The molecule has 0 radical (unpaired) electrons. The van der Waals surface area contributed by atoms with Gasteiger partial charge in [-0.05, 0) is 25.7 Å². The van der Waals surface area contributed by atoms with Gasteiger partial charge in [0.15, 0.2) is 0 Å². The van der Waals surface area contributed by atoms with Gasteiger partial charge in [0.05, 0.1) is 17.2 Å². The Morgan fingerprint density at radius 1 is 1.61 bits per heavy atom. The molecule has 100 valence electrons. The van der Waals surface area contributed by atoms with Gasteiger partial charge in [0, 0.05) is 24.9 Å². The maximum Gasteiger partial charge on any atom is 0.223 e. The summed E-state index contributed by atoms with van der Waals surface area (Å²) in [5.74, 6) is 0.556. The van der Waals surface area contributed by atoms with E-state index < -0.39 is 0 Å². The van der Waals surface area contributed by atoms with Gasteiger partial charge in [-0.2, -0.15) is 0 Å². The van der Waals surface area contributed by atoms with Crippen molar-refractivity contribution in [3.8, 4) is 0 Å². The first-order valence-electron chi connectivity index (χ1n) is 6.47. The number of amides is 1. The van der Waals surface area contributed by atoms with Crippen LogP contribution in [0.5, 0.6) is 0 Å². The molecule has 1 fully saturated rings. The van der Waals surface area contributed by atoms with Crippen molar-refractivity contribution in [3.63, 3.8) is 0 Å². The molecular weight excluding hydrogens is 246 g/mol. The zero-order valence-corrected chi connectivity index (χ0v) is 11.9. The third kappa shape index (κ3) is 3.29. The van der Waals surface area contributed by atoms with Gasteiger partial charge in [-0.3, -0.25) is 4.79 Å². The summed E-state index contributed by atoms with van der Waals surface area (Å²) < 4.78 is 0. The first-order valence-corrected chi connectivity index (χ1v) is 7.35. The Bertz CT molecular complexity index is 418. The summed E-state index contributed by atoms with van der Waals surface area (Å²) in [4.78, 5) is 18.2. The van der Waals surface area contributed by atoms with Crippen molar-refractivity contribution in [2.24, 2.45) is 11.7 Å². The zero-order chi connectivity index (χ0) is 13.1. The van der Waals surface area contributed by atoms with Crippen LogP contribution in [0.25, 0.3) is 0 Å². The van der Waals surface area contributed by atoms with Crippen molar-refractivity contribution in [2.45, 2.75) is 45.2 Å². The van der Waals surface area contributed by atoms with Crippen molar-refractivity contribution in [2.75, 3.05) is 7.05 Å². The lowest BCUT2D eigenvalue weighted by Gasteiger charge is -2.20. The largest absolute Gasteiger partial charge is 0.340 e. The van der Waals surface area contributed by atoms with Gasteiger partial charge in [0.25, 0.3) is 0 Å². The second kappa shape index (κ2) is 5.80. The number of aryl methyl sites for hydroxylation is 1. The molecule has 0 aliphatic heterocycles. The summed E-state index contributed by atoms with van der Waals surface area (Å²) in [6.07, 6.45) is 3.90. The van der Waals surface area contributed by atoms with Gasteiger partial charge in [-0.25, -0.2) is 4.98 Å². The summed E-state index contributed by atoms with van der Waals surface area (Å²) in [5, 5.41) is 3.06. The maximum absolute atomic E-state index is 12.1. The Hall–Kier alpha value is -0.940. The highest BCUT2D eigenvalue weighted by atomic mass is 32.1. The number of hydrogen-bond acceptors (Lipinski definition) is 4. The first kappa shape index (κ1) is 13.5. The molecule has 0 bridgehead atoms. The minimum absolute atomic E-state index is 0.183. The summed E-state index contributed by atoms with van der Waals surface area (Å²) in [5.41, 5.74) is 6.98. The van der Waals surface area contributed by atoms with Crippen LogP contribution in [-0.4, -0.2) is 28.9 Å². The normalized spacial score (nSPS) is 23.3. The predicted octanol–water partition coefficient (Wildman–Crippen LogP) is 1.93. The van der Waals surface area contributed by atoms with Crippen LogP contribution in [-0.2, 0) is 11.3 Å². The summed E-state index contributed by atoms with van der Waals surface area (Å²) in [6.45, 7) is 2.58. The molecule has 1 amide bonds. The molecule has 0 saturated heterocycles. The lowest BCUT2D eigenvalue weighted by Crippen LogP contribution is -2.32. The molecule has 1 saturated carbocycles. The van der Waals surface area contributed by atoms with E-state index in [1.807, 2.05) is 19.4 Å². The molecule has 4 nitrogen and oxygen atoms in total. The van der Waals surface area contributed by atoms with Crippen LogP contribution in [0.15, 0.2) is 5.38 Å². The fraction of sp³-hybridized carbons (Fsp3) is 0.692. The topological polar surface area (TPSA) is 59.2 Å². The number of carbonyl (C=O) groups is 1. The van der Waals surface area contributed by atoms with Crippen molar-refractivity contribution in [1.82, 2.24) is 9.88 Å². The first-order chi connectivity index (χ1) is 8.56. The Morgan fingerprint density at radius 2 is 2.39 bits per heavy atom. The van der Waals surface area contributed by atoms with Crippen LogP contribution >= 0.6 is 11.3 Å². The van der Waals surface area contributed by atoms with Crippen molar-refractivity contribution in [1.29, 1.82) is 0 Å².